The van der Waals surface area contributed by atoms with Gasteiger partial charge in [0.2, 0.25) is 0 Å². The zero-order valence-electron chi connectivity index (χ0n) is 20.0. The Kier molecular flexibility index (Phi) is 3.93. The molecule has 0 radical (unpaired) electrons. The average molecular weight is 472 g/mol. The monoisotopic (exact) mass is 471 g/mol. The van der Waals surface area contributed by atoms with E-state index < -0.39 is 22.0 Å². The number of benzene rings is 2. The van der Waals surface area contributed by atoms with Crippen LogP contribution in [0.4, 0.5) is 5.69 Å². The predicted octanol–water partition coefficient (Wildman–Crippen LogP) is 3.56. The lowest BCUT2D eigenvalue weighted by Crippen LogP contribution is -2.81. The highest BCUT2D eigenvalue weighted by Crippen LogP contribution is 2.69. The van der Waals surface area contributed by atoms with Gasteiger partial charge >= 0.3 is 0 Å². The number of carbonyl (C=O) groups excluding carboxylic acids is 3. The van der Waals surface area contributed by atoms with Crippen molar-refractivity contribution in [1.82, 2.24) is 9.96 Å². The number of hydroxylamine groups is 2. The Labute approximate surface area is 204 Å². The van der Waals surface area contributed by atoms with Crippen LogP contribution in [0, 0.1) is 11.3 Å². The van der Waals surface area contributed by atoms with E-state index in [2.05, 4.69) is 19.2 Å². The zero-order valence-corrected chi connectivity index (χ0v) is 20.0. The fourth-order valence-corrected chi connectivity index (χ4v) is 8.01. The molecule has 5 fully saturated rings. The van der Waals surface area contributed by atoms with Crippen molar-refractivity contribution >= 4 is 23.3 Å². The number of nitrogens with one attached hydrogen (secondary N) is 1. The molecule has 4 saturated heterocycles. The van der Waals surface area contributed by atoms with Crippen LogP contribution >= 0.6 is 0 Å². The minimum atomic E-state index is -1.22. The van der Waals surface area contributed by atoms with E-state index in [1.165, 1.54) is 5.06 Å². The summed E-state index contributed by atoms with van der Waals surface area (Å²) in [6.45, 7) is 4.96. The molecule has 0 aromatic heterocycles. The van der Waals surface area contributed by atoms with Gasteiger partial charge in [-0.1, -0.05) is 56.3 Å². The number of amides is 2. The third-order valence-corrected chi connectivity index (χ3v) is 9.78. The number of hydrogen-bond acceptors (Lipinski definition) is 5. The van der Waals surface area contributed by atoms with Crippen LogP contribution in [0.15, 0.2) is 54.6 Å². The summed E-state index contributed by atoms with van der Waals surface area (Å²) in [5.41, 5.74) is -1.29. The molecule has 2 unspecified atom stereocenters. The van der Waals surface area contributed by atoms with Gasteiger partial charge in [0.1, 0.15) is 17.7 Å². The highest BCUT2D eigenvalue weighted by Gasteiger charge is 2.83. The number of piperazine rings is 1. The molecule has 35 heavy (non-hydrogen) atoms. The van der Waals surface area contributed by atoms with E-state index >= 15 is 0 Å². The number of ketones is 1. The SMILES string of the molecule is CC1(C)[C@@H]2CC34CCCN3C(=O)C2(C[C@]12Nc1ccccc1C2=O)N(OCc1ccccc1)C4=O. The van der Waals surface area contributed by atoms with Gasteiger partial charge in [-0.15, -0.1) is 0 Å². The Bertz CT molecular complexity index is 1290. The van der Waals surface area contributed by atoms with Crippen molar-refractivity contribution in [3.8, 4) is 0 Å². The summed E-state index contributed by atoms with van der Waals surface area (Å²) in [7, 11) is 0. The Morgan fingerprint density at radius 3 is 2.51 bits per heavy atom. The largest absolute Gasteiger partial charge is 0.371 e. The quantitative estimate of drug-likeness (QED) is 0.741. The molecule has 1 N–H and O–H groups in total. The van der Waals surface area contributed by atoms with Gasteiger partial charge in [-0.3, -0.25) is 19.2 Å². The number of hydrogen-bond donors (Lipinski definition) is 1. The molecule has 8 rings (SSSR count). The second-order valence-corrected chi connectivity index (χ2v) is 11.4. The fraction of sp³-hybridized carbons (Fsp3) is 0.464. The number of nitrogens with zero attached hydrogens (tertiary/aromatic N) is 2. The Hall–Kier alpha value is -3.19. The summed E-state index contributed by atoms with van der Waals surface area (Å²) in [5.74, 6) is -0.394. The second-order valence-electron chi connectivity index (χ2n) is 11.4. The van der Waals surface area contributed by atoms with Crippen LogP contribution in [0.1, 0.15) is 55.5 Å². The van der Waals surface area contributed by atoms with Gasteiger partial charge in [0.15, 0.2) is 11.3 Å². The van der Waals surface area contributed by atoms with E-state index in [9.17, 15) is 14.4 Å². The minimum absolute atomic E-state index is 0.00578. The second kappa shape index (κ2) is 6.52. The summed E-state index contributed by atoms with van der Waals surface area (Å²) >= 11 is 0. The van der Waals surface area contributed by atoms with Crippen LogP contribution < -0.4 is 5.32 Å². The van der Waals surface area contributed by atoms with E-state index in [4.69, 9.17) is 4.84 Å². The normalized spacial score (nSPS) is 35.9. The third-order valence-electron chi connectivity index (χ3n) is 9.78. The number of fused-ring (bicyclic) bond motifs is 2. The lowest BCUT2D eigenvalue weighted by molar-refractivity contribution is -0.276. The lowest BCUT2D eigenvalue weighted by atomic mass is 9.59. The van der Waals surface area contributed by atoms with Crippen LogP contribution in [-0.2, 0) is 21.0 Å². The number of anilines is 1. The summed E-state index contributed by atoms with van der Waals surface area (Å²) in [6.07, 6.45) is 2.22. The van der Waals surface area contributed by atoms with Crippen molar-refractivity contribution in [1.29, 1.82) is 0 Å². The molecule has 7 nitrogen and oxygen atoms in total. The highest BCUT2D eigenvalue weighted by atomic mass is 16.7. The molecule has 2 bridgehead atoms. The topological polar surface area (TPSA) is 79.0 Å². The molecule has 2 aromatic carbocycles. The van der Waals surface area contributed by atoms with Crippen LogP contribution in [0.3, 0.4) is 0 Å². The fourth-order valence-electron chi connectivity index (χ4n) is 8.01. The minimum Gasteiger partial charge on any atom is -0.371 e. The first-order valence-electron chi connectivity index (χ1n) is 12.5. The molecule has 5 heterocycles. The van der Waals surface area contributed by atoms with Gasteiger partial charge in [0, 0.05) is 35.5 Å². The molecule has 1 aliphatic carbocycles. The van der Waals surface area contributed by atoms with Crippen molar-refractivity contribution < 1.29 is 19.2 Å². The summed E-state index contributed by atoms with van der Waals surface area (Å²) in [4.78, 5) is 50.6. The summed E-state index contributed by atoms with van der Waals surface area (Å²) < 4.78 is 0. The molecular weight excluding hydrogens is 442 g/mol. The van der Waals surface area contributed by atoms with E-state index in [1.807, 2.05) is 59.5 Å². The number of Topliss-reactive ketones (excluding diaryl/α,β-unsaturated/α-hetero) is 1. The molecule has 1 saturated carbocycles. The van der Waals surface area contributed by atoms with Crippen molar-refractivity contribution in [2.45, 2.75) is 62.8 Å². The highest BCUT2D eigenvalue weighted by molar-refractivity contribution is 6.16. The molecule has 180 valence electrons. The van der Waals surface area contributed by atoms with Gasteiger partial charge in [-0.2, -0.15) is 0 Å². The zero-order chi connectivity index (χ0) is 24.2. The Balaban J connectivity index is 1.38. The molecule has 5 aliphatic heterocycles. The van der Waals surface area contributed by atoms with Gasteiger partial charge in [0.05, 0.1) is 0 Å². The Morgan fingerprint density at radius 1 is 1.00 bits per heavy atom. The van der Waals surface area contributed by atoms with Crippen LogP contribution in [0.2, 0.25) is 0 Å². The third kappa shape index (κ3) is 2.24. The molecule has 2 amide bonds. The first-order chi connectivity index (χ1) is 16.8. The average Bonchev–Trinajstić information content (AvgIpc) is 3.47. The maximum Gasteiger partial charge on any atom is 0.273 e. The maximum absolute atomic E-state index is 14.4. The smallest absolute Gasteiger partial charge is 0.273 e. The van der Waals surface area contributed by atoms with Crippen LogP contribution in [-0.4, -0.2) is 50.7 Å². The standard InChI is InChI=1S/C28H29N3O4/c1-25(2)21-15-26-13-8-14-30(26)24(34)27(21,31(23(26)33)35-16-18-9-4-3-5-10-18)17-28(25)22(32)19-11-6-7-12-20(19)29-28/h3-7,9-12,21,29H,8,13-17H2,1-2H3/t21-,26?,27?,28+/m0/s1. The first kappa shape index (κ1) is 21.1. The van der Waals surface area contributed by atoms with Crippen molar-refractivity contribution in [3.05, 3.63) is 65.7 Å². The van der Waals surface area contributed by atoms with E-state index in [0.717, 1.165) is 17.7 Å². The van der Waals surface area contributed by atoms with E-state index in [1.54, 1.807) is 0 Å². The Morgan fingerprint density at radius 2 is 1.74 bits per heavy atom. The summed E-state index contributed by atoms with van der Waals surface area (Å²) in [6, 6.07) is 17.2. The van der Waals surface area contributed by atoms with E-state index in [-0.39, 0.29) is 36.5 Å². The van der Waals surface area contributed by atoms with Gasteiger partial charge < -0.3 is 10.2 Å². The van der Waals surface area contributed by atoms with Crippen molar-refractivity contribution in [2.24, 2.45) is 11.3 Å². The number of carbonyl (C=O) groups is 3. The number of para-hydroxylation sites is 1. The van der Waals surface area contributed by atoms with Crippen LogP contribution in [0.25, 0.3) is 0 Å². The molecular formula is C28H29N3O4. The first-order valence-corrected chi connectivity index (χ1v) is 12.5. The van der Waals surface area contributed by atoms with Gasteiger partial charge in [0.25, 0.3) is 11.8 Å². The number of rotatable bonds is 3. The van der Waals surface area contributed by atoms with Gasteiger partial charge in [-0.25, -0.2) is 5.06 Å². The van der Waals surface area contributed by atoms with E-state index in [0.29, 0.717) is 24.9 Å². The molecule has 7 heteroatoms. The predicted molar refractivity (Wildman–Crippen MR) is 128 cm³/mol. The van der Waals surface area contributed by atoms with Crippen molar-refractivity contribution in [3.63, 3.8) is 0 Å². The molecule has 6 aliphatic rings. The van der Waals surface area contributed by atoms with Crippen LogP contribution in [0.5, 0.6) is 0 Å². The van der Waals surface area contributed by atoms with Crippen molar-refractivity contribution in [2.75, 3.05) is 11.9 Å². The molecule has 3 spiro atoms. The maximum atomic E-state index is 14.4. The number of piperidine rings is 2. The molecule has 2 aromatic rings. The summed E-state index contributed by atoms with van der Waals surface area (Å²) in [5, 5.41) is 4.99. The van der Waals surface area contributed by atoms with Gasteiger partial charge in [-0.05, 0) is 37.0 Å². The molecule has 4 atom stereocenters. The lowest BCUT2D eigenvalue weighted by Gasteiger charge is -2.62.